The molecule has 24 heavy (non-hydrogen) atoms. The van der Waals surface area contributed by atoms with Crippen molar-refractivity contribution < 1.29 is 40.8 Å². The van der Waals surface area contributed by atoms with Gasteiger partial charge in [-0.2, -0.15) is 0 Å². The first-order chi connectivity index (χ1) is 11.4. The van der Waals surface area contributed by atoms with E-state index < -0.39 is 0 Å². The second-order valence-corrected chi connectivity index (χ2v) is 3.91. The Bertz CT molecular complexity index is 661. The van der Waals surface area contributed by atoms with Crippen LogP contribution in [0.15, 0.2) is 61.1 Å². The fraction of sp³-hybridized carbons (Fsp3) is 0.0556. The maximum absolute atomic E-state index is 7.50. The third-order valence-corrected chi connectivity index (χ3v) is 2.73. The predicted octanol–water partition coefficient (Wildman–Crippen LogP) is 3.40. The normalized spacial score (nSPS) is 9.08. The van der Waals surface area contributed by atoms with E-state index in [-0.39, 0.29) is 17.4 Å². The first-order valence-corrected chi connectivity index (χ1v) is 6.19. The summed E-state index contributed by atoms with van der Waals surface area (Å²) < 4.78 is 33.4. The van der Waals surface area contributed by atoms with Gasteiger partial charge in [-0.3, -0.25) is 0 Å². The summed E-state index contributed by atoms with van der Waals surface area (Å²) in [7, 11) is 0. The Morgan fingerprint density at radius 3 is 1.92 bits per heavy atom. The van der Waals surface area contributed by atoms with Crippen LogP contribution in [-0.2, 0) is 37.7 Å². The Morgan fingerprint density at radius 1 is 0.708 bits per heavy atom. The SMILES string of the molecule is C1=COc2c(Cc3ccccc3)cccc2O1.[C-]#[O+].[C-]#[O+].[C-]#[O+].[Cr]. The Hall–Kier alpha value is -2.47. The third-order valence-electron chi connectivity index (χ3n) is 2.73. The average molecular weight is 360 g/mol. The molecule has 120 valence electrons. The van der Waals surface area contributed by atoms with Gasteiger partial charge >= 0.3 is 33.9 Å². The molecule has 0 unspecified atom stereocenters. The predicted molar refractivity (Wildman–Crippen MR) is 77.9 cm³/mol. The molecule has 6 heteroatoms. The number of benzene rings is 2. The summed E-state index contributed by atoms with van der Waals surface area (Å²) in [6.07, 6.45) is 3.96. The molecule has 1 heterocycles. The summed E-state index contributed by atoms with van der Waals surface area (Å²) in [5.74, 6) is 1.60. The molecule has 2 aromatic carbocycles. The van der Waals surface area contributed by atoms with Crippen molar-refractivity contribution in [2.24, 2.45) is 0 Å². The van der Waals surface area contributed by atoms with Crippen LogP contribution in [0, 0.1) is 20.0 Å². The molecular formula is C18H12CrO5. The smallest absolute Gasteiger partial charge is 0 e. The quantitative estimate of drug-likeness (QED) is 0.608. The topological polar surface area (TPSA) is 78.2 Å². The molecule has 0 fully saturated rings. The van der Waals surface area contributed by atoms with Crippen LogP contribution in [-0.4, -0.2) is 0 Å². The van der Waals surface area contributed by atoms with Gasteiger partial charge in [0.25, 0.3) is 0 Å². The summed E-state index contributed by atoms with van der Waals surface area (Å²) in [4.78, 5) is 0. The second kappa shape index (κ2) is 15.4. The van der Waals surface area contributed by atoms with Crippen molar-refractivity contribution in [3.8, 4) is 11.5 Å². The van der Waals surface area contributed by atoms with Crippen LogP contribution in [0.1, 0.15) is 11.1 Å². The van der Waals surface area contributed by atoms with E-state index in [1.807, 2.05) is 30.3 Å². The van der Waals surface area contributed by atoms with Crippen molar-refractivity contribution in [3.63, 3.8) is 0 Å². The van der Waals surface area contributed by atoms with Gasteiger partial charge in [-0.25, -0.2) is 0 Å². The molecule has 1 aliphatic heterocycles. The summed E-state index contributed by atoms with van der Waals surface area (Å²) in [5, 5.41) is 0. The van der Waals surface area contributed by atoms with E-state index in [9.17, 15) is 0 Å². The minimum Gasteiger partial charge on any atom is 0 e. The fourth-order valence-corrected chi connectivity index (χ4v) is 1.94. The van der Waals surface area contributed by atoms with E-state index in [4.69, 9.17) is 23.4 Å². The summed E-state index contributed by atoms with van der Waals surface area (Å²) in [6.45, 7) is 13.5. The Morgan fingerprint density at radius 2 is 1.29 bits per heavy atom. The van der Waals surface area contributed by atoms with E-state index in [1.54, 1.807) is 12.5 Å². The minimum absolute atomic E-state index is 0. The molecule has 3 rings (SSSR count). The molecule has 2 aromatic rings. The molecule has 0 saturated carbocycles. The van der Waals surface area contributed by atoms with Crippen LogP contribution < -0.4 is 9.47 Å². The average Bonchev–Trinajstić information content (AvgIpc) is 2.68. The van der Waals surface area contributed by atoms with Crippen LogP contribution in [0.25, 0.3) is 0 Å². The van der Waals surface area contributed by atoms with E-state index in [0.717, 1.165) is 23.5 Å². The zero-order valence-corrected chi connectivity index (χ0v) is 13.7. The van der Waals surface area contributed by atoms with Crippen LogP contribution in [0.5, 0.6) is 11.5 Å². The molecule has 0 N–H and O–H groups in total. The van der Waals surface area contributed by atoms with Crippen molar-refractivity contribution in [2.45, 2.75) is 6.42 Å². The molecule has 0 bridgehead atoms. The van der Waals surface area contributed by atoms with E-state index in [0.29, 0.717) is 0 Å². The molecule has 0 spiro atoms. The van der Waals surface area contributed by atoms with E-state index in [1.165, 1.54) is 5.56 Å². The number of ether oxygens (including phenoxy) is 2. The Balaban J connectivity index is 0. The number of fused-ring (bicyclic) bond motifs is 1. The number of hydrogen-bond acceptors (Lipinski definition) is 2. The van der Waals surface area contributed by atoms with E-state index >= 15 is 0 Å². The van der Waals surface area contributed by atoms with Crippen molar-refractivity contribution in [1.82, 2.24) is 0 Å². The van der Waals surface area contributed by atoms with Crippen molar-refractivity contribution >= 4 is 0 Å². The van der Waals surface area contributed by atoms with Crippen LogP contribution >= 0.6 is 0 Å². The molecular weight excluding hydrogens is 348 g/mol. The molecule has 0 radical (unpaired) electrons. The first-order valence-electron chi connectivity index (χ1n) is 6.19. The molecule has 5 nitrogen and oxygen atoms in total. The largest absolute Gasteiger partial charge is 0 e. The van der Waals surface area contributed by atoms with Crippen LogP contribution in [0.4, 0.5) is 0 Å². The second-order valence-electron chi connectivity index (χ2n) is 3.91. The maximum atomic E-state index is 7.50. The van der Waals surface area contributed by atoms with Gasteiger partial charge in [0.2, 0.25) is 0 Å². The maximum Gasteiger partial charge on any atom is 0 e. The molecule has 0 aromatic heterocycles. The van der Waals surface area contributed by atoms with Gasteiger partial charge in [0, 0.05) is 29.3 Å². The first kappa shape index (κ1) is 23.8. The van der Waals surface area contributed by atoms with Gasteiger partial charge in [0.05, 0.1) is 0 Å². The van der Waals surface area contributed by atoms with E-state index in [2.05, 4.69) is 38.2 Å². The summed E-state index contributed by atoms with van der Waals surface area (Å²) in [5.41, 5.74) is 2.40. The van der Waals surface area contributed by atoms with Crippen LogP contribution in [0.3, 0.4) is 0 Å². The van der Waals surface area contributed by atoms with Gasteiger partial charge in [0.15, 0.2) is 11.5 Å². The molecule has 1 aliphatic rings. The van der Waals surface area contributed by atoms with Gasteiger partial charge < -0.3 is 9.47 Å². The Labute approximate surface area is 151 Å². The summed E-state index contributed by atoms with van der Waals surface area (Å²) >= 11 is 0. The zero-order chi connectivity index (χ0) is 17.5. The Kier molecular flexibility index (Phi) is 15.3. The van der Waals surface area contributed by atoms with Gasteiger partial charge in [-0.1, -0.05) is 42.5 Å². The molecule has 0 saturated heterocycles. The summed E-state index contributed by atoms with van der Waals surface area (Å²) in [6, 6.07) is 16.3. The van der Waals surface area contributed by atoms with Crippen molar-refractivity contribution in [2.75, 3.05) is 0 Å². The number of hydrogen-bond donors (Lipinski definition) is 0. The number of rotatable bonds is 2. The van der Waals surface area contributed by atoms with Crippen molar-refractivity contribution in [3.05, 3.63) is 92.1 Å². The van der Waals surface area contributed by atoms with Gasteiger partial charge in [-0.15, -0.1) is 0 Å². The third kappa shape index (κ3) is 7.20. The number of para-hydroxylation sites is 1. The van der Waals surface area contributed by atoms with Crippen LogP contribution in [0.2, 0.25) is 0 Å². The fourth-order valence-electron chi connectivity index (χ4n) is 1.94. The molecule has 0 aliphatic carbocycles. The van der Waals surface area contributed by atoms with Crippen molar-refractivity contribution in [1.29, 1.82) is 0 Å². The van der Waals surface area contributed by atoms with Gasteiger partial charge in [0.1, 0.15) is 12.5 Å². The minimum atomic E-state index is 0. The zero-order valence-electron chi connectivity index (χ0n) is 12.4. The standard InChI is InChI=1S/C15H12O2.3CO.Cr/c1-2-5-12(6-3-1)11-13-7-4-8-14-15(13)17-10-9-16-14;3*1-2;/h1-10H,11H2;;;;. The van der Waals surface area contributed by atoms with Gasteiger partial charge in [-0.05, 0) is 11.6 Å². The monoisotopic (exact) mass is 360 g/mol. The molecule has 0 amide bonds. The molecule has 0 atom stereocenters.